The van der Waals surface area contributed by atoms with Crippen LogP contribution in [0.5, 0.6) is 5.75 Å². The van der Waals surface area contributed by atoms with Crippen LogP contribution in [0.1, 0.15) is 25.3 Å². The van der Waals surface area contributed by atoms with E-state index in [4.69, 9.17) is 12.2 Å². The fourth-order valence-corrected chi connectivity index (χ4v) is 4.25. The highest BCUT2D eigenvalue weighted by Crippen LogP contribution is 2.26. The standard InChI is InChI=1S/C28H23F3N6OS/c1-17(2)22-5-3-4-6-24(22)34-27(39)35-25-14-8-18-15-19(7-13-23(18)33-25)26-32-16-37(36-26)20-9-11-21(12-10-20)38-28(29,30)31/h3-17H,1-2H3,(H2,33,34,35,39). The Morgan fingerprint density at radius 1 is 0.949 bits per heavy atom. The van der Waals surface area contributed by atoms with Gasteiger partial charge in [-0.25, -0.2) is 14.6 Å². The van der Waals surface area contributed by atoms with Gasteiger partial charge in [-0.2, -0.15) is 0 Å². The minimum absolute atomic E-state index is 0.306. The van der Waals surface area contributed by atoms with Crippen molar-refractivity contribution in [2.75, 3.05) is 10.6 Å². The van der Waals surface area contributed by atoms with E-state index in [1.54, 1.807) is 0 Å². The molecule has 3 aromatic carbocycles. The number of benzene rings is 3. The summed E-state index contributed by atoms with van der Waals surface area (Å²) in [5.74, 6) is 1.11. The Morgan fingerprint density at radius 3 is 2.46 bits per heavy atom. The van der Waals surface area contributed by atoms with Crippen molar-refractivity contribution >= 4 is 39.7 Å². The third kappa shape index (κ3) is 6.32. The molecule has 0 atom stereocenters. The summed E-state index contributed by atoms with van der Waals surface area (Å²) in [7, 11) is 0. The van der Waals surface area contributed by atoms with Gasteiger partial charge in [-0.15, -0.1) is 18.3 Å². The van der Waals surface area contributed by atoms with Gasteiger partial charge in [0.1, 0.15) is 17.9 Å². The molecule has 0 aliphatic heterocycles. The van der Waals surface area contributed by atoms with E-state index in [2.05, 4.69) is 50.4 Å². The predicted octanol–water partition coefficient (Wildman–Crippen LogP) is 7.31. The van der Waals surface area contributed by atoms with E-state index in [0.29, 0.717) is 28.4 Å². The van der Waals surface area contributed by atoms with Crippen LogP contribution >= 0.6 is 12.2 Å². The van der Waals surface area contributed by atoms with Crippen molar-refractivity contribution in [3.63, 3.8) is 0 Å². The lowest BCUT2D eigenvalue weighted by molar-refractivity contribution is -0.274. The second-order valence-corrected chi connectivity index (χ2v) is 9.39. The highest BCUT2D eigenvalue weighted by molar-refractivity contribution is 7.80. The molecule has 0 aliphatic carbocycles. The fourth-order valence-electron chi connectivity index (χ4n) is 4.04. The average molecular weight is 549 g/mol. The molecule has 2 N–H and O–H groups in total. The van der Waals surface area contributed by atoms with Crippen LogP contribution in [-0.4, -0.2) is 31.2 Å². The number of hydrogen-bond donors (Lipinski definition) is 2. The lowest BCUT2D eigenvalue weighted by Crippen LogP contribution is -2.20. The molecule has 198 valence electrons. The number of halogens is 3. The van der Waals surface area contributed by atoms with Crippen molar-refractivity contribution in [2.24, 2.45) is 0 Å². The average Bonchev–Trinajstić information content (AvgIpc) is 3.38. The summed E-state index contributed by atoms with van der Waals surface area (Å²) in [6.07, 6.45) is -3.25. The summed E-state index contributed by atoms with van der Waals surface area (Å²) in [6.45, 7) is 4.26. The number of rotatable bonds is 6. The number of thiocarbonyl (C=S) groups is 1. The molecule has 39 heavy (non-hydrogen) atoms. The van der Waals surface area contributed by atoms with Gasteiger partial charge >= 0.3 is 6.36 Å². The van der Waals surface area contributed by atoms with Crippen molar-refractivity contribution in [1.82, 2.24) is 19.7 Å². The minimum Gasteiger partial charge on any atom is -0.406 e. The van der Waals surface area contributed by atoms with Crippen LogP contribution in [0.15, 0.2) is 85.2 Å². The van der Waals surface area contributed by atoms with Crippen molar-refractivity contribution in [2.45, 2.75) is 26.1 Å². The maximum absolute atomic E-state index is 12.4. The van der Waals surface area contributed by atoms with Crippen molar-refractivity contribution in [1.29, 1.82) is 0 Å². The molecule has 0 aliphatic rings. The van der Waals surface area contributed by atoms with E-state index in [1.165, 1.54) is 40.8 Å². The van der Waals surface area contributed by atoms with Crippen LogP contribution in [0.25, 0.3) is 28.0 Å². The molecule has 0 fully saturated rings. The van der Waals surface area contributed by atoms with Crippen molar-refractivity contribution < 1.29 is 17.9 Å². The summed E-state index contributed by atoms with van der Waals surface area (Å²) in [5.41, 5.74) is 4.19. The monoisotopic (exact) mass is 548 g/mol. The normalized spacial score (nSPS) is 11.5. The molecule has 0 saturated carbocycles. The first kappa shape index (κ1) is 26.1. The van der Waals surface area contributed by atoms with Gasteiger partial charge in [0.15, 0.2) is 10.9 Å². The lowest BCUT2D eigenvalue weighted by atomic mass is 10.0. The molecule has 7 nitrogen and oxygen atoms in total. The minimum atomic E-state index is -4.74. The molecule has 2 heterocycles. The number of para-hydroxylation sites is 1. The number of aromatic nitrogens is 4. The summed E-state index contributed by atoms with van der Waals surface area (Å²) in [5, 5.41) is 12.2. The van der Waals surface area contributed by atoms with Gasteiger partial charge in [0.25, 0.3) is 0 Å². The second-order valence-electron chi connectivity index (χ2n) is 8.98. The molecule has 0 bridgehead atoms. The maximum atomic E-state index is 12.4. The Bertz CT molecular complexity index is 1630. The number of ether oxygens (including phenoxy) is 1. The largest absolute Gasteiger partial charge is 0.573 e. The van der Waals surface area contributed by atoms with Gasteiger partial charge in [-0.05, 0) is 84.4 Å². The fraction of sp³-hybridized carbons (Fsp3) is 0.143. The Balaban J connectivity index is 1.29. The molecule has 5 rings (SSSR count). The van der Waals surface area contributed by atoms with E-state index < -0.39 is 6.36 Å². The van der Waals surface area contributed by atoms with Crippen LogP contribution in [0.2, 0.25) is 0 Å². The van der Waals surface area contributed by atoms with E-state index in [1.807, 2.05) is 48.5 Å². The van der Waals surface area contributed by atoms with E-state index in [-0.39, 0.29) is 5.75 Å². The zero-order valence-electron chi connectivity index (χ0n) is 20.9. The molecule has 0 unspecified atom stereocenters. The highest BCUT2D eigenvalue weighted by atomic mass is 32.1. The maximum Gasteiger partial charge on any atom is 0.573 e. The zero-order chi connectivity index (χ0) is 27.6. The topological polar surface area (TPSA) is 76.9 Å². The predicted molar refractivity (Wildman–Crippen MR) is 149 cm³/mol. The summed E-state index contributed by atoms with van der Waals surface area (Å²) >= 11 is 5.51. The molecule has 0 saturated heterocycles. The molecule has 0 spiro atoms. The van der Waals surface area contributed by atoms with Crippen LogP contribution in [0.4, 0.5) is 24.7 Å². The zero-order valence-corrected chi connectivity index (χ0v) is 21.7. The summed E-state index contributed by atoms with van der Waals surface area (Å²) < 4.78 is 42.6. The number of hydrogen-bond acceptors (Lipinski definition) is 5. The quantitative estimate of drug-likeness (QED) is 0.215. The van der Waals surface area contributed by atoms with Crippen LogP contribution in [0, 0.1) is 0 Å². The van der Waals surface area contributed by atoms with Gasteiger partial charge < -0.3 is 15.4 Å². The van der Waals surface area contributed by atoms with Crippen LogP contribution < -0.4 is 15.4 Å². The number of anilines is 2. The molecule has 2 aromatic heterocycles. The molecule has 5 aromatic rings. The first-order valence-electron chi connectivity index (χ1n) is 12.0. The Hall–Kier alpha value is -4.51. The molecule has 0 radical (unpaired) electrons. The number of nitrogens with zero attached hydrogens (tertiary/aromatic N) is 4. The summed E-state index contributed by atoms with van der Waals surface area (Å²) in [6, 6.07) is 22.8. The number of alkyl halides is 3. The van der Waals surface area contributed by atoms with Gasteiger partial charge in [-0.1, -0.05) is 32.0 Å². The highest BCUT2D eigenvalue weighted by Gasteiger charge is 2.31. The Morgan fingerprint density at radius 2 is 1.72 bits per heavy atom. The second kappa shape index (κ2) is 10.7. The first-order valence-corrected chi connectivity index (χ1v) is 12.4. The van der Waals surface area contributed by atoms with Gasteiger partial charge in [0.05, 0.1) is 11.2 Å². The molecular weight excluding hydrogens is 525 g/mol. The van der Waals surface area contributed by atoms with Crippen molar-refractivity contribution in [3.05, 3.63) is 90.8 Å². The van der Waals surface area contributed by atoms with E-state index in [0.717, 1.165) is 22.2 Å². The van der Waals surface area contributed by atoms with E-state index in [9.17, 15) is 13.2 Å². The third-order valence-corrected chi connectivity index (χ3v) is 6.05. The van der Waals surface area contributed by atoms with Crippen LogP contribution in [0.3, 0.4) is 0 Å². The molecule has 0 amide bonds. The number of pyridine rings is 1. The lowest BCUT2D eigenvalue weighted by Gasteiger charge is -2.16. The number of fused-ring (bicyclic) bond motifs is 1. The Kier molecular flexibility index (Phi) is 7.16. The van der Waals surface area contributed by atoms with Gasteiger partial charge in [-0.3, -0.25) is 0 Å². The van der Waals surface area contributed by atoms with E-state index >= 15 is 0 Å². The van der Waals surface area contributed by atoms with Gasteiger partial charge in [0, 0.05) is 16.6 Å². The number of nitrogens with one attached hydrogen (secondary N) is 2. The van der Waals surface area contributed by atoms with Gasteiger partial charge in [0.2, 0.25) is 0 Å². The van der Waals surface area contributed by atoms with Crippen molar-refractivity contribution in [3.8, 4) is 22.8 Å². The smallest absolute Gasteiger partial charge is 0.406 e. The van der Waals surface area contributed by atoms with Crippen LogP contribution in [-0.2, 0) is 0 Å². The third-order valence-electron chi connectivity index (χ3n) is 5.85. The molecule has 11 heteroatoms. The Labute approximate surface area is 227 Å². The molecular formula is C28H23F3N6OS. The summed E-state index contributed by atoms with van der Waals surface area (Å²) in [4.78, 5) is 9.01. The first-order chi connectivity index (χ1) is 18.6. The SMILES string of the molecule is CC(C)c1ccccc1NC(=S)Nc1ccc2cc(-c3ncn(-c4ccc(OC(F)(F)F)cc4)n3)ccc2n1.